The number of amides is 1. The highest BCUT2D eigenvalue weighted by Crippen LogP contribution is 2.20. The third kappa shape index (κ3) is 3.64. The van der Waals surface area contributed by atoms with Crippen LogP contribution in [0.15, 0.2) is 42.5 Å². The molecule has 2 rings (SSSR count). The second-order valence-electron chi connectivity index (χ2n) is 5.18. The third-order valence-corrected chi connectivity index (χ3v) is 3.32. The van der Waals surface area contributed by atoms with E-state index in [2.05, 4.69) is 5.32 Å². The van der Waals surface area contributed by atoms with E-state index in [1.54, 1.807) is 31.2 Å². The Labute approximate surface area is 130 Å². The first kappa shape index (κ1) is 15.6. The fraction of sp³-hybridized carbons (Fsp3) is 0.222. The lowest BCUT2D eigenvalue weighted by molar-refractivity contribution is -0.122. The van der Waals surface area contributed by atoms with Crippen LogP contribution >= 0.6 is 0 Å². The maximum Gasteiger partial charge on any atom is 0.265 e. The highest BCUT2D eigenvalue weighted by molar-refractivity contribution is 5.94. The Hall–Kier alpha value is -2.80. The molecule has 2 aromatic carbocycles. The van der Waals surface area contributed by atoms with Gasteiger partial charge >= 0.3 is 0 Å². The van der Waals surface area contributed by atoms with Crippen molar-refractivity contribution in [1.29, 1.82) is 5.26 Å². The number of carbonyl (C=O) groups excluding carboxylic acids is 1. The molecule has 0 spiro atoms. The molecule has 0 aliphatic heterocycles. The minimum atomic E-state index is -0.699. The summed E-state index contributed by atoms with van der Waals surface area (Å²) >= 11 is 0. The van der Waals surface area contributed by atoms with Crippen molar-refractivity contribution >= 4 is 11.6 Å². The van der Waals surface area contributed by atoms with Gasteiger partial charge in [-0.3, -0.25) is 4.79 Å². The molecule has 1 N–H and O–H groups in total. The molecule has 0 bridgehead atoms. The van der Waals surface area contributed by atoms with E-state index in [1.807, 2.05) is 38.1 Å². The normalized spacial score (nSPS) is 11.4. The molecule has 4 heteroatoms. The van der Waals surface area contributed by atoms with Crippen LogP contribution in [-0.4, -0.2) is 12.0 Å². The molecule has 0 radical (unpaired) electrons. The van der Waals surface area contributed by atoms with Gasteiger partial charge in [-0.15, -0.1) is 0 Å². The largest absolute Gasteiger partial charge is 0.480 e. The molecule has 0 heterocycles. The zero-order valence-electron chi connectivity index (χ0n) is 12.9. The van der Waals surface area contributed by atoms with E-state index in [1.165, 1.54) is 0 Å². The molecule has 112 valence electrons. The van der Waals surface area contributed by atoms with Crippen molar-refractivity contribution in [3.8, 4) is 11.8 Å². The molecule has 2 aromatic rings. The minimum Gasteiger partial charge on any atom is -0.480 e. The van der Waals surface area contributed by atoms with E-state index >= 15 is 0 Å². The Morgan fingerprint density at radius 3 is 2.64 bits per heavy atom. The monoisotopic (exact) mass is 294 g/mol. The van der Waals surface area contributed by atoms with Crippen LogP contribution in [0.1, 0.15) is 23.6 Å². The van der Waals surface area contributed by atoms with Crippen LogP contribution in [0, 0.1) is 25.2 Å². The van der Waals surface area contributed by atoms with Crippen LogP contribution in [0.2, 0.25) is 0 Å². The summed E-state index contributed by atoms with van der Waals surface area (Å²) in [6.45, 7) is 5.61. The number of nitriles is 1. The molecule has 0 aliphatic rings. The van der Waals surface area contributed by atoms with Crippen LogP contribution < -0.4 is 10.1 Å². The summed E-state index contributed by atoms with van der Waals surface area (Å²) in [4.78, 5) is 12.2. The van der Waals surface area contributed by atoms with Crippen molar-refractivity contribution < 1.29 is 9.53 Å². The van der Waals surface area contributed by atoms with E-state index in [4.69, 9.17) is 10.00 Å². The number of hydrogen-bond donors (Lipinski definition) is 1. The van der Waals surface area contributed by atoms with Gasteiger partial charge in [0.2, 0.25) is 0 Å². The van der Waals surface area contributed by atoms with Crippen LogP contribution in [0.25, 0.3) is 0 Å². The SMILES string of the molecule is Cc1ccc(NC(=O)C(C)Oc2ccccc2C#N)c(C)c1. The summed E-state index contributed by atoms with van der Waals surface area (Å²) in [5, 5.41) is 11.9. The van der Waals surface area contributed by atoms with Gasteiger partial charge in [-0.2, -0.15) is 5.26 Å². The molecule has 1 amide bonds. The van der Waals surface area contributed by atoms with Crippen molar-refractivity contribution in [3.05, 3.63) is 59.2 Å². The Bertz CT molecular complexity index is 732. The Balaban J connectivity index is 2.08. The number of hydrogen-bond acceptors (Lipinski definition) is 3. The quantitative estimate of drug-likeness (QED) is 0.937. The molecule has 1 unspecified atom stereocenters. The van der Waals surface area contributed by atoms with Crippen molar-refractivity contribution in [2.24, 2.45) is 0 Å². The molecule has 4 nitrogen and oxygen atoms in total. The van der Waals surface area contributed by atoms with Gasteiger partial charge in [0.05, 0.1) is 5.56 Å². The van der Waals surface area contributed by atoms with Crippen LogP contribution in [0.5, 0.6) is 5.75 Å². The standard InChI is InChI=1S/C18H18N2O2/c1-12-8-9-16(13(2)10-12)20-18(21)14(3)22-17-7-5-4-6-15(17)11-19/h4-10,14H,1-3H3,(H,20,21). The molecule has 0 aromatic heterocycles. The molecule has 22 heavy (non-hydrogen) atoms. The lowest BCUT2D eigenvalue weighted by Gasteiger charge is -2.16. The van der Waals surface area contributed by atoms with Crippen molar-refractivity contribution in [2.45, 2.75) is 26.9 Å². The Kier molecular flexibility index (Phi) is 4.80. The van der Waals surface area contributed by atoms with Gasteiger partial charge in [-0.05, 0) is 44.5 Å². The summed E-state index contributed by atoms with van der Waals surface area (Å²) in [6, 6.07) is 14.7. The van der Waals surface area contributed by atoms with Gasteiger partial charge < -0.3 is 10.1 Å². The van der Waals surface area contributed by atoms with Crippen molar-refractivity contribution in [1.82, 2.24) is 0 Å². The smallest absolute Gasteiger partial charge is 0.265 e. The number of carbonyl (C=O) groups is 1. The van der Waals surface area contributed by atoms with E-state index in [-0.39, 0.29) is 5.91 Å². The Morgan fingerprint density at radius 2 is 1.95 bits per heavy atom. The number of ether oxygens (including phenoxy) is 1. The van der Waals surface area contributed by atoms with E-state index in [0.717, 1.165) is 16.8 Å². The molecular formula is C18H18N2O2. The summed E-state index contributed by atoms with van der Waals surface area (Å²) in [6.07, 6.45) is -0.699. The number of anilines is 1. The fourth-order valence-corrected chi connectivity index (χ4v) is 2.09. The summed E-state index contributed by atoms with van der Waals surface area (Å²) in [5.74, 6) is 0.160. The number of aryl methyl sites for hydroxylation is 2. The van der Waals surface area contributed by atoms with Gasteiger partial charge in [0.15, 0.2) is 6.10 Å². The topological polar surface area (TPSA) is 62.1 Å². The highest BCUT2D eigenvalue weighted by atomic mass is 16.5. The van der Waals surface area contributed by atoms with Crippen molar-refractivity contribution in [2.75, 3.05) is 5.32 Å². The predicted octanol–water partition coefficient (Wildman–Crippen LogP) is 3.58. The molecule has 0 fully saturated rings. The number of rotatable bonds is 4. The summed E-state index contributed by atoms with van der Waals surface area (Å²) in [7, 11) is 0. The lowest BCUT2D eigenvalue weighted by Crippen LogP contribution is -2.30. The van der Waals surface area contributed by atoms with E-state index in [0.29, 0.717) is 11.3 Å². The van der Waals surface area contributed by atoms with Gasteiger partial charge in [0, 0.05) is 5.69 Å². The number of para-hydroxylation sites is 1. The zero-order valence-corrected chi connectivity index (χ0v) is 12.9. The second kappa shape index (κ2) is 6.77. The zero-order chi connectivity index (χ0) is 16.1. The van der Waals surface area contributed by atoms with Gasteiger partial charge in [0.1, 0.15) is 11.8 Å². The van der Waals surface area contributed by atoms with Gasteiger partial charge in [-0.25, -0.2) is 0 Å². The van der Waals surface area contributed by atoms with E-state index < -0.39 is 6.10 Å². The molecule has 1 atom stereocenters. The Morgan fingerprint density at radius 1 is 1.23 bits per heavy atom. The highest BCUT2D eigenvalue weighted by Gasteiger charge is 2.17. The average molecular weight is 294 g/mol. The summed E-state index contributed by atoms with van der Waals surface area (Å²) in [5.41, 5.74) is 3.31. The predicted molar refractivity (Wildman–Crippen MR) is 85.8 cm³/mol. The second-order valence-corrected chi connectivity index (χ2v) is 5.18. The lowest BCUT2D eigenvalue weighted by atomic mass is 10.1. The number of nitrogens with zero attached hydrogens (tertiary/aromatic N) is 1. The first-order chi connectivity index (χ1) is 10.5. The minimum absolute atomic E-state index is 0.250. The van der Waals surface area contributed by atoms with E-state index in [9.17, 15) is 4.79 Å². The fourth-order valence-electron chi connectivity index (χ4n) is 2.09. The third-order valence-electron chi connectivity index (χ3n) is 3.32. The van der Waals surface area contributed by atoms with Crippen LogP contribution in [0.4, 0.5) is 5.69 Å². The molecule has 0 saturated heterocycles. The molecular weight excluding hydrogens is 276 g/mol. The number of nitrogens with one attached hydrogen (secondary N) is 1. The van der Waals surface area contributed by atoms with Gasteiger partial charge in [-0.1, -0.05) is 29.8 Å². The van der Waals surface area contributed by atoms with Crippen LogP contribution in [0.3, 0.4) is 0 Å². The maximum absolute atomic E-state index is 12.2. The number of benzene rings is 2. The first-order valence-corrected chi connectivity index (χ1v) is 7.05. The van der Waals surface area contributed by atoms with Crippen molar-refractivity contribution in [3.63, 3.8) is 0 Å². The van der Waals surface area contributed by atoms with Gasteiger partial charge in [0.25, 0.3) is 5.91 Å². The first-order valence-electron chi connectivity index (χ1n) is 7.05. The average Bonchev–Trinajstić information content (AvgIpc) is 2.50. The summed E-state index contributed by atoms with van der Waals surface area (Å²) < 4.78 is 5.60. The van der Waals surface area contributed by atoms with Crippen LogP contribution in [-0.2, 0) is 4.79 Å². The maximum atomic E-state index is 12.2. The molecule has 0 saturated carbocycles. The molecule has 0 aliphatic carbocycles.